The molecule has 7 heteroatoms. The Hall–Kier alpha value is -3.06. The van der Waals surface area contributed by atoms with Crippen LogP contribution in [0.4, 0.5) is 5.13 Å². The smallest absolute Gasteiger partial charge is 0.258 e. The van der Waals surface area contributed by atoms with Crippen molar-refractivity contribution >= 4 is 28.7 Å². The summed E-state index contributed by atoms with van der Waals surface area (Å²) in [5, 5.41) is 11.6. The van der Waals surface area contributed by atoms with E-state index in [0.29, 0.717) is 27.6 Å². The summed E-state index contributed by atoms with van der Waals surface area (Å²) in [4.78, 5) is 23.3. The first kappa shape index (κ1) is 16.8. The van der Waals surface area contributed by atoms with Crippen LogP contribution in [0.3, 0.4) is 0 Å². The topological polar surface area (TPSA) is 81.2 Å². The predicted octanol–water partition coefficient (Wildman–Crippen LogP) is 3.49. The van der Waals surface area contributed by atoms with E-state index in [1.165, 1.54) is 11.3 Å². The molecule has 0 aliphatic carbocycles. The van der Waals surface area contributed by atoms with Crippen LogP contribution in [0.15, 0.2) is 48.5 Å². The minimum absolute atomic E-state index is 0.265. The molecule has 2 aromatic carbocycles. The Morgan fingerprint density at radius 2 is 1.92 bits per heavy atom. The second kappa shape index (κ2) is 7.67. The number of hydrogen-bond acceptors (Lipinski definition) is 6. The van der Waals surface area contributed by atoms with Crippen LogP contribution in [0, 0.1) is 6.92 Å². The van der Waals surface area contributed by atoms with Crippen molar-refractivity contribution in [2.75, 3.05) is 5.32 Å². The fourth-order valence-electron chi connectivity index (χ4n) is 2.11. The maximum Gasteiger partial charge on any atom is 0.258 e. The molecule has 1 N–H and O–H groups in total. The highest BCUT2D eigenvalue weighted by Crippen LogP contribution is 2.19. The number of carbonyl (C=O) groups excluding carboxylic acids is 2. The Balaban J connectivity index is 1.62. The molecule has 0 radical (unpaired) electrons. The lowest BCUT2D eigenvalue weighted by molar-refractivity contribution is 0.101. The van der Waals surface area contributed by atoms with E-state index in [1.807, 2.05) is 31.2 Å². The number of anilines is 1. The van der Waals surface area contributed by atoms with E-state index < -0.39 is 5.91 Å². The van der Waals surface area contributed by atoms with E-state index in [9.17, 15) is 9.59 Å². The first-order chi connectivity index (χ1) is 12.2. The molecule has 3 aromatic rings. The van der Waals surface area contributed by atoms with Crippen molar-refractivity contribution in [3.05, 3.63) is 70.2 Å². The largest absolute Gasteiger partial charge is 0.486 e. The Kier molecular flexibility index (Phi) is 5.15. The standard InChI is InChI=1S/C18H15N3O3S/c1-12-6-8-14(9-7-12)24-11-16-20-21-18(25-16)19-17(23)15-5-3-2-4-13(15)10-22/h2-10H,11H2,1H3,(H,19,21,23). The zero-order chi connectivity index (χ0) is 17.6. The van der Waals surface area contributed by atoms with Crippen LogP contribution in [0.1, 0.15) is 31.3 Å². The normalized spacial score (nSPS) is 10.3. The van der Waals surface area contributed by atoms with Gasteiger partial charge in [0, 0.05) is 5.56 Å². The number of nitrogens with zero attached hydrogens (tertiary/aromatic N) is 2. The number of rotatable bonds is 6. The molecule has 0 aliphatic heterocycles. The molecule has 1 heterocycles. The Morgan fingerprint density at radius 3 is 2.68 bits per heavy atom. The van der Waals surface area contributed by atoms with Gasteiger partial charge in [-0.05, 0) is 25.1 Å². The van der Waals surface area contributed by atoms with Gasteiger partial charge in [-0.25, -0.2) is 0 Å². The van der Waals surface area contributed by atoms with Gasteiger partial charge in [-0.2, -0.15) is 0 Å². The summed E-state index contributed by atoms with van der Waals surface area (Å²) in [5.74, 6) is 0.344. The Bertz CT molecular complexity index is 891. The van der Waals surface area contributed by atoms with Crippen molar-refractivity contribution in [2.45, 2.75) is 13.5 Å². The minimum atomic E-state index is -0.398. The number of carbonyl (C=O) groups is 2. The van der Waals surface area contributed by atoms with Gasteiger partial charge in [0.1, 0.15) is 12.4 Å². The first-order valence-electron chi connectivity index (χ1n) is 7.53. The van der Waals surface area contributed by atoms with Crippen LogP contribution in [0.2, 0.25) is 0 Å². The third-order valence-electron chi connectivity index (χ3n) is 3.40. The average Bonchev–Trinajstić information content (AvgIpc) is 3.08. The van der Waals surface area contributed by atoms with Crippen molar-refractivity contribution in [2.24, 2.45) is 0 Å². The van der Waals surface area contributed by atoms with Crippen molar-refractivity contribution in [1.29, 1.82) is 0 Å². The van der Waals surface area contributed by atoms with Gasteiger partial charge < -0.3 is 4.74 Å². The number of hydrogen-bond donors (Lipinski definition) is 1. The lowest BCUT2D eigenvalue weighted by atomic mass is 10.1. The van der Waals surface area contributed by atoms with E-state index in [-0.39, 0.29) is 6.61 Å². The summed E-state index contributed by atoms with van der Waals surface area (Å²) in [6.07, 6.45) is 0.649. The molecule has 0 aliphatic rings. The van der Waals surface area contributed by atoms with Gasteiger partial charge in [-0.3, -0.25) is 14.9 Å². The number of aryl methyl sites for hydroxylation is 1. The van der Waals surface area contributed by atoms with Crippen molar-refractivity contribution in [3.8, 4) is 5.75 Å². The van der Waals surface area contributed by atoms with E-state index in [0.717, 1.165) is 11.3 Å². The molecule has 0 bridgehead atoms. The van der Waals surface area contributed by atoms with Crippen molar-refractivity contribution < 1.29 is 14.3 Å². The SMILES string of the molecule is Cc1ccc(OCc2nnc(NC(=O)c3ccccc3C=O)s2)cc1. The second-order valence-corrected chi connectivity index (χ2v) is 6.32. The lowest BCUT2D eigenvalue weighted by Gasteiger charge is -2.04. The summed E-state index contributed by atoms with van der Waals surface area (Å²) in [6, 6.07) is 14.3. The summed E-state index contributed by atoms with van der Waals surface area (Å²) in [6.45, 7) is 2.27. The highest BCUT2D eigenvalue weighted by Gasteiger charge is 2.13. The van der Waals surface area contributed by atoms with Crippen LogP contribution >= 0.6 is 11.3 Å². The third-order valence-corrected chi connectivity index (χ3v) is 4.22. The molecule has 1 aromatic heterocycles. The fourth-order valence-corrected chi connectivity index (χ4v) is 2.76. The molecule has 0 spiro atoms. The molecule has 0 saturated heterocycles. The highest BCUT2D eigenvalue weighted by atomic mass is 32.1. The number of ether oxygens (including phenoxy) is 1. The molecule has 6 nitrogen and oxygen atoms in total. The van der Waals surface area contributed by atoms with Gasteiger partial charge in [0.05, 0.1) is 5.56 Å². The third kappa shape index (κ3) is 4.27. The first-order valence-corrected chi connectivity index (χ1v) is 8.35. The van der Waals surface area contributed by atoms with Gasteiger partial charge in [0.15, 0.2) is 11.3 Å². The molecule has 0 atom stereocenters. The number of aldehydes is 1. The molecule has 25 heavy (non-hydrogen) atoms. The maximum atomic E-state index is 12.3. The monoisotopic (exact) mass is 353 g/mol. The molecule has 0 unspecified atom stereocenters. The van der Waals surface area contributed by atoms with Gasteiger partial charge in [0.25, 0.3) is 5.91 Å². The predicted molar refractivity (Wildman–Crippen MR) is 95.2 cm³/mol. The lowest BCUT2D eigenvalue weighted by Crippen LogP contribution is -2.13. The highest BCUT2D eigenvalue weighted by molar-refractivity contribution is 7.15. The summed E-state index contributed by atoms with van der Waals surface area (Å²) >= 11 is 1.22. The summed E-state index contributed by atoms with van der Waals surface area (Å²) in [5.41, 5.74) is 1.78. The molecule has 126 valence electrons. The molecule has 3 rings (SSSR count). The van der Waals surface area contributed by atoms with Crippen LogP contribution in [0.5, 0.6) is 5.75 Å². The van der Waals surface area contributed by atoms with E-state index in [2.05, 4.69) is 15.5 Å². The molecular formula is C18H15N3O3S. The van der Waals surface area contributed by atoms with Gasteiger partial charge in [0.2, 0.25) is 5.13 Å². The van der Waals surface area contributed by atoms with Crippen LogP contribution in [0.25, 0.3) is 0 Å². The zero-order valence-corrected chi connectivity index (χ0v) is 14.2. The minimum Gasteiger partial charge on any atom is -0.486 e. The number of nitrogens with one attached hydrogen (secondary N) is 1. The zero-order valence-electron chi connectivity index (χ0n) is 13.4. The van der Waals surface area contributed by atoms with Crippen molar-refractivity contribution in [3.63, 3.8) is 0 Å². The number of aromatic nitrogens is 2. The summed E-state index contributed by atoms with van der Waals surface area (Å²) in [7, 11) is 0. The van der Waals surface area contributed by atoms with E-state index in [4.69, 9.17) is 4.74 Å². The molecule has 0 fully saturated rings. The van der Waals surface area contributed by atoms with Crippen LogP contribution < -0.4 is 10.1 Å². The van der Waals surface area contributed by atoms with Crippen LogP contribution in [-0.4, -0.2) is 22.4 Å². The van der Waals surface area contributed by atoms with Crippen LogP contribution in [-0.2, 0) is 6.61 Å². The van der Waals surface area contributed by atoms with E-state index in [1.54, 1.807) is 24.3 Å². The van der Waals surface area contributed by atoms with Gasteiger partial charge >= 0.3 is 0 Å². The number of amides is 1. The Labute approximate surface area is 148 Å². The Morgan fingerprint density at radius 1 is 1.16 bits per heavy atom. The molecular weight excluding hydrogens is 338 g/mol. The van der Waals surface area contributed by atoms with Crippen molar-refractivity contribution in [1.82, 2.24) is 10.2 Å². The fraction of sp³-hybridized carbons (Fsp3) is 0.111. The average molecular weight is 353 g/mol. The van der Waals surface area contributed by atoms with Gasteiger partial charge in [-0.1, -0.05) is 47.2 Å². The molecule has 1 amide bonds. The maximum absolute atomic E-state index is 12.3. The number of benzene rings is 2. The van der Waals surface area contributed by atoms with Gasteiger partial charge in [-0.15, -0.1) is 10.2 Å². The van der Waals surface area contributed by atoms with E-state index >= 15 is 0 Å². The quantitative estimate of drug-likeness (QED) is 0.686. The molecule has 0 saturated carbocycles. The summed E-state index contributed by atoms with van der Waals surface area (Å²) < 4.78 is 5.64. The second-order valence-electron chi connectivity index (χ2n) is 5.26.